The van der Waals surface area contributed by atoms with E-state index in [0.29, 0.717) is 23.5 Å². The van der Waals surface area contributed by atoms with E-state index in [0.717, 1.165) is 5.56 Å². The van der Waals surface area contributed by atoms with E-state index >= 15 is 0 Å². The summed E-state index contributed by atoms with van der Waals surface area (Å²) in [6.07, 6.45) is -4.64. The number of methoxy groups -OCH3 is 1. The van der Waals surface area contributed by atoms with Gasteiger partial charge in [-0.2, -0.15) is 13.2 Å². The molecule has 0 aliphatic rings. The lowest BCUT2D eigenvalue weighted by atomic mass is 10.1. The highest BCUT2D eigenvalue weighted by Gasteiger charge is 2.37. The number of ether oxygens (including phenoxy) is 1. The fourth-order valence-electron chi connectivity index (χ4n) is 2.31. The van der Waals surface area contributed by atoms with Crippen LogP contribution in [-0.4, -0.2) is 21.9 Å². The number of benzene rings is 2. The minimum Gasteiger partial charge on any atom is -0.497 e. The van der Waals surface area contributed by atoms with Gasteiger partial charge in [0.2, 0.25) is 0 Å². The predicted molar refractivity (Wildman–Crippen MR) is 86.2 cm³/mol. The zero-order valence-electron chi connectivity index (χ0n) is 13.3. The van der Waals surface area contributed by atoms with Crippen LogP contribution in [0.25, 0.3) is 17.1 Å². The molecule has 3 rings (SSSR count). The molecular formula is C17H15F3N4O. The number of alkyl halides is 3. The van der Waals surface area contributed by atoms with Gasteiger partial charge in [-0.05, 0) is 29.8 Å². The number of halogens is 3. The number of nitrogens with zero attached hydrogens (tertiary/aromatic N) is 3. The average Bonchev–Trinajstić information content (AvgIpc) is 3.07. The van der Waals surface area contributed by atoms with Crippen molar-refractivity contribution >= 4 is 0 Å². The lowest BCUT2D eigenvalue weighted by Crippen LogP contribution is -2.08. The summed E-state index contributed by atoms with van der Waals surface area (Å²) >= 11 is 0. The van der Waals surface area contributed by atoms with Gasteiger partial charge in [0.1, 0.15) is 5.75 Å². The Labute approximate surface area is 141 Å². The smallest absolute Gasteiger partial charge is 0.453 e. The molecule has 0 spiro atoms. The summed E-state index contributed by atoms with van der Waals surface area (Å²) in [6, 6.07) is 13.4. The average molecular weight is 348 g/mol. The zero-order valence-corrected chi connectivity index (χ0v) is 13.3. The number of hydrogen-bond donors (Lipinski definition) is 1. The summed E-state index contributed by atoms with van der Waals surface area (Å²) in [5.74, 6) is -0.504. The minimum absolute atomic E-state index is 0.0982. The fourth-order valence-corrected chi connectivity index (χ4v) is 2.31. The molecule has 2 aromatic carbocycles. The van der Waals surface area contributed by atoms with Crippen molar-refractivity contribution in [3.05, 3.63) is 59.9 Å². The van der Waals surface area contributed by atoms with E-state index in [9.17, 15) is 13.2 Å². The monoisotopic (exact) mass is 348 g/mol. The summed E-state index contributed by atoms with van der Waals surface area (Å²) in [5, 5.41) is 3.64. The van der Waals surface area contributed by atoms with Gasteiger partial charge in [0.25, 0.3) is 5.82 Å². The van der Waals surface area contributed by atoms with Crippen LogP contribution >= 0.6 is 0 Å². The van der Waals surface area contributed by atoms with Crippen molar-refractivity contribution in [1.82, 2.24) is 14.8 Å². The van der Waals surface area contributed by atoms with Crippen molar-refractivity contribution in [2.24, 2.45) is 5.73 Å². The molecule has 0 aliphatic carbocycles. The molecule has 0 aliphatic heterocycles. The quantitative estimate of drug-likeness (QED) is 0.785. The summed E-state index contributed by atoms with van der Waals surface area (Å²) < 4.78 is 45.5. The molecule has 25 heavy (non-hydrogen) atoms. The van der Waals surface area contributed by atoms with Crippen LogP contribution < -0.4 is 10.5 Å². The first-order valence-corrected chi connectivity index (χ1v) is 7.40. The van der Waals surface area contributed by atoms with Gasteiger partial charge in [-0.15, -0.1) is 5.10 Å². The van der Waals surface area contributed by atoms with Crippen molar-refractivity contribution in [2.45, 2.75) is 12.7 Å². The van der Waals surface area contributed by atoms with Crippen LogP contribution in [0.3, 0.4) is 0 Å². The molecule has 5 nitrogen and oxygen atoms in total. The van der Waals surface area contributed by atoms with Gasteiger partial charge in [0, 0.05) is 12.1 Å². The number of aromatic nitrogens is 3. The van der Waals surface area contributed by atoms with Crippen LogP contribution in [0.5, 0.6) is 5.75 Å². The Hall–Kier alpha value is -2.87. The Bertz CT molecular complexity index is 790. The van der Waals surface area contributed by atoms with Gasteiger partial charge < -0.3 is 10.5 Å². The summed E-state index contributed by atoms with van der Waals surface area (Å²) in [7, 11) is 1.51. The lowest BCUT2D eigenvalue weighted by Gasteiger charge is -2.07. The van der Waals surface area contributed by atoms with Gasteiger partial charge in [-0.3, -0.25) is 0 Å². The van der Waals surface area contributed by atoms with E-state index in [1.807, 2.05) is 0 Å². The molecule has 0 atom stereocenters. The Morgan fingerprint density at radius 1 is 1.04 bits per heavy atom. The molecule has 0 amide bonds. The normalized spacial score (nSPS) is 11.6. The maximum Gasteiger partial charge on any atom is 0.453 e. The van der Waals surface area contributed by atoms with Crippen LogP contribution in [0.1, 0.15) is 11.4 Å². The highest BCUT2D eigenvalue weighted by molar-refractivity contribution is 5.59. The molecule has 8 heteroatoms. The second-order valence-electron chi connectivity index (χ2n) is 5.27. The van der Waals surface area contributed by atoms with Gasteiger partial charge in [0.05, 0.1) is 12.8 Å². The van der Waals surface area contributed by atoms with Gasteiger partial charge in [0.15, 0.2) is 5.82 Å². The molecule has 0 fully saturated rings. The zero-order chi connectivity index (χ0) is 18.0. The minimum atomic E-state index is -4.64. The second kappa shape index (κ2) is 6.56. The predicted octanol–water partition coefficient (Wildman–Crippen LogP) is 3.42. The molecule has 0 saturated carbocycles. The topological polar surface area (TPSA) is 66.0 Å². The maximum atomic E-state index is 13.1. The molecular weight excluding hydrogens is 333 g/mol. The van der Waals surface area contributed by atoms with E-state index in [2.05, 4.69) is 10.1 Å². The third-order valence-corrected chi connectivity index (χ3v) is 3.63. The highest BCUT2D eigenvalue weighted by Crippen LogP contribution is 2.30. The summed E-state index contributed by atoms with van der Waals surface area (Å²) in [4.78, 5) is 3.69. The van der Waals surface area contributed by atoms with E-state index in [1.54, 1.807) is 48.5 Å². The van der Waals surface area contributed by atoms with Crippen molar-refractivity contribution in [3.8, 4) is 22.8 Å². The lowest BCUT2D eigenvalue weighted by molar-refractivity contribution is -0.144. The Balaban J connectivity index is 2.12. The Kier molecular flexibility index (Phi) is 4.45. The largest absolute Gasteiger partial charge is 0.497 e. The first kappa shape index (κ1) is 17.0. The summed E-state index contributed by atoms with van der Waals surface area (Å²) in [5.41, 5.74) is 7.38. The van der Waals surface area contributed by atoms with Crippen LogP contribution in [0.2, 0.25) is 0 Å². The molecule has 1 aromatic heterocycles. The third-order valence-electron chi connectivity index (χ3n) is 3.63. The van der Waals surface area contributed by atoms with Crippen molar-refractivity contribution in [1.29, 1.82) is 0 Å². The van der Waals surface area contributed by atoms with Crippen LogP contribution in [0.15, 0.2) is 48.5 Å². The van der Waals surface area contributed by atoms with Gasteiger partial charge in [-0.25, -0.2) is 9.67 Å². The van der Waals surface area contributed by atoms with Crippen LogP contribution in [0, 0.1) is 0 Å². The number of rotatable bonds is 4. The first-order chi connectivity index (χ1) is 11.9. The van der Waals surface area contributed by atoms with E-state index in [1.165, 1.54) is 11.8 Å². The molecule has 130 valence electrons. The molecule has 0 unspecified atom stereocenters. The molecule has 1 heterocycles. The standard InChI is InChI=1S/C17H15F3N4O/c1-25-14-8-6-13(7-9-14)24-15(22-16(23-24)17(18,19)20)12-4-2-11(10-21)3-5-12/h2-9H,10,21H2,1H3. The third kappa shape index (κ3) is 3.48. The maximum absolute atomic E-state index is 13.1. The molecule has 0 saturated heterocycles. The van der Waals surface area contributed by atoms with E-state index < -0.39 is 12.0 Å². The van der Waals surface area contributed by atoms with Gasteiger partial charge in [-0.1, -0.05) is 24.3 Å². The van der Waals surface area contributed by atoms with Crippen LogP contribution in [0.4, 0.5) is 13.2 Å². The molecule has 0 radical (unpaired) electrons. The Morgan fingerprint density at radius 2 is 1.68 bits per heavy atom. The van der Waals surface area contributed by atoms with Crippen molar-refractivity contribution in [2.75, 3.05) is 7.11 Å². The number of nitrogens with two attached hydrogens (primary N) is 1. The number of hydrogen-bond acceptors (Lipinski definition) is 4. The summed E-state index contributed by atoms with van der Waals surface area (Å²) in [6.45, 7) is 0.346. The van der Waals surface area contributed by atoms with E-state index in [4.69, 9.17) is 10.5 Å². The van der Waals surface area contributed by atoms with Crippen LogP contribution in [-0.2, 0) is 12.7 Å². The van der Waals surface area contributed by atoms with E-state index in [-0.39, 0.29) is 5.82 Å². The first-order valence-electron chi connectivity index (χ1n) is 7.40. The Morgan fingerprint density at radius 3 is 2.20 bits per heavy atom. The SMILES string of the molecule is COc1ccc(-n2nc(C(F)(F)F)nc2-c2ccc(CN)cc2)cc1. The van der Waals surface area contributed by atoms with Crippen molar-refractivity contribution < 1.29 is 17.9 Å². The molecule has 0 bridgehead atoms. The highest BCUT2D eigenvalue weighted by atomic mass is 19.4. The van der Waals surface area contributed by atoms with Crippen molar-refractivity contribution in [3.63, 3.8) is 0 Å². The van der Waals surface area contributed by atoms with Gasteiger partial charge >= 0.3 is 6.18 Å². The molecule has 3 aromatic rings. The second-order valence-corrected chi connectivity index (χ2v) is 5.27. The fraction of sp³-hybridized carbons (Fsp3) is 0.176. The molecule has 2 N–H and O–H groups in total.